The molecular weight excluding hydrogens is 262 g/mol. The van der Waals surface area contributed by atoms with Crippen molar-refractivity contribution in [2.75, 3.05) is 26.7 Å². The van der Waals surface area contributed by atoms with Crippen LogP contribution in [0.25, 0.3) is 0 Å². The highest BCUT2D eigenvalue weighted by Gasteiger charge is 2.21. The van der Waals surface area contributed by atoms with E-state index in [-0.39, 0.29) is 23.8 Å². The van der Waals surface area contributed by atoms with Crippen molar-refractivity contribution in [2.45, 2.75) is 13.8 Å². The molecule has 0 aromatic carbocycles. The highest BCUT2D eigenvalue weighted by molar-refractivity contribution is 7.12. The van der Waals surface area contributed by atoms with Crippen molar-refractivity contribution >= 4 is 23.2 Å². The number of nitrogens with zero attached hydrogens (tertiary/aromatic N) is 1. The zero-order valence-corrected chi connectivity index (χ0v) is 12.4. The van der Waals surface area contributed by atoms with Gasteiger partial charge in [0.25, 0.3) is 5.91 Å². The summed E-state index contributed by atoms with van der Waals surface area (Å²) < 4.78 is 0. The molecular formula is C13H21N3O2S. The Morgan fingerprint density at radius 1 is 1.47 bits per heavy atom. The minimum atomic E-state index is -0.213. The molecule has 1 aromatic heterocycles. The lowest BCUT2D eigenvalue weighted by Gasteiger charge is -2.29. The summed E-state index contributed by atoms with van der Waals surface area (Å²) in [5.74, 6) is -0.332. The largest absolute Gasteiger partial charge is 0.344 e. The van der Waals surface area contributed by atoms with Gasteiger partial charge in [0.1, 0.15) is 0 Å². The van der Waals surface area contributed by atoms with Crippen molar-refractivity contribution in [2.24, 2.45) is 11.1 Å². The standard InChI is InChI=1S/C13H21N3O2S/c1-13(2,8-14)9-16(3)11(17)7-15-12(18)10-5-4-6-19-10/h4-6H,7-9,14H2,1-3H3,(H,15,18). The van der Waals surface area contributed by atoms with Gasteiger partial charge in [-0.25, -0.2) is 0 Å². The molecule has 0 bridgehead atoms. The van der Waals surface area contributed by atoms with E-state index < -0.39 is 0 Å². The predicted octanol–water partition coefficient (Wildman–Crippen LogP) is 0.921. The van der Waals surface area contributed by atoms with Crippen LogP contribution in [0.1, 0.15) is 23.5 Å². The number of likely N-dealkylation sites (N-methyl/N-ethyl adjacent to an activating group) is 1. The fraction of sp³-hybridized carbons (Fsp3) is 0.538. The Morgan fingerprint density at radius 3 is 2.68 bits per heavy atom. The summed E-state index contributed by atoms with van der Waals surface area (Å²) in [5, 5.41) is 4.44. The molecule has 0 aliphatic heterocycles. The number of carbonyl (C=O) groups excluding carboxylic acids is 2. The Bertz CT molecular complexity index is 429. The van der Waals surface area contributed by atoms with Crippen LogP contribution in [0.15, 0.2) is 17.5 Å². The molecule has 1 rings (SSSR count). The number of carbonyl (C=O) groups is 2. The summed E-state index contributed by atoms with van der Waals surface area (Å²) in [6, 6.07) is 3.53. The lowest BCUT2D eigenvalue weighted by Crippen LogP contribution is -2.44. The summed E-state index contributed by atoms with van der Waals surface area (Å²) in [4.78, 5) is 25.8. The molecule has 0 aliphatic rings. The number of hydrogen-bond donors (Lipinski definition) is 2. The number of hydrogen-bond acceptors (Lipinski definition) is 4. The minimum Gasteiger partial charge on any atom is -0.344 e. The number of rotatable bonds is 6. The van der Waals surface area contributed by atoms with Gasteiger partial charge in [0.05, 0.1) is 11.4 Å². The van der Waals surface area contributed by atoms with E-state index in [1.165, 1.54) is 11.3 Å². The molecule has 1 heterocycles. The smallest absolute Gasteiger partial charge is 0.261 e. The Balaban J connectivity index is 2.41. The monoisotopic (exact) mass is 283 g/mol. The van der Waals surface area contributed by atoms with Crippen molar-refractivity contribution < 1.29 is 9.59 Å². The fourth-order valence-electron chi connectivity index (χ4n) is 1.58. The van der Waals surface area contributed by atoms with E-state index in [1.807, 2.05) is 19.2 Å². The van der Waals surface area contributed by atoms with Gasteiger partial charge in [-0.15, -0.1) is 11.3 Å². The number of amides is 2. The first-order chi connectivity index (χ1) is 8.85. The van der Waals surface area contributed by atoms with Gasteiger partial charge in [0, 0.05) is 13.6 Å². The van der Waals surface area contributed by atoms with Crippen molar-refractivity contribution in [3.05, 3.63) is 22.4 Å². The quantitative estimate of drug-likeness (QED) is 0.815. The molecule has 0 fully saturated rings. The van der Waals surface area contributed by atoms with Crippen LogP contribution in [0.2, 0.25) is 0 Å². The van der Waals surface area contributed by atoms with Gasteiger partial charge in [0.15, 0.2) is 0 Å². The second-order valence-electron chi connectivity index (χ2n) is 5.28. The average molecular weight is 283 g/mol. The Morgan fingerprint density at radius 2 is 2.16 bits per heavy atom. The van der Waals surface area contributed by atoms with Gasteiger partial charge in [-0.2, -0.15) is 0 Å². The van der Waals surface area contributed by atoms with Crippen LogP contribution < -0.4 is 11.1 Å². The third-order valence-corrected chi connectivity index (χ3v) is 3.66. The second-order valence-corrected chi connectivity index (χ2v) is 6.23. The van der Waals surface area contributed by atoms with Crippen molar-refractivity contribution in [1.82, 2.24) is 10.2 Å². The fourth-order valence-corrected chi connectivity index (χ4v) is 2.22. The molecule has 0 atom stereocenters. The molecule has 0 saturated carbocycles. The highest BCUT2D eigenvalue weighted by atomic mass is 32.1. The van der Waals surface area contributed by atoms with E-state index in [1.54, 1.807) is 24.1 Å². The zero-order valence-electron chi connectivity index (χ0n) is 11.6. The molecule has 0 aliphatic carbocycles. The number of nitrogens with two attached hydrogens (primary N) is 1. The molecule has 6 heteroatoms. The van der Waals surface area contributed by atoms with E-state index >= 15 is 0 Å². The van der Waals surface area contributed by atoms with Gasteiger partial charge in [-0.05, 0) is 23.4 Å². The first-order valence-corrected chi connectivity index (χ1v) is 6.99. The van der Waals surface area contributed by atoms with Crippen LogP contribution in [0.4, 0.5) is 0 Å². The van der Waals surface area contributed by atoms with E-state index in [0.717, 1.165) is 0 Å². The number of nitrogens with one attached hydrogen (secondary N) is 1. The van der Waals surface area contributed by atoms with Crippen LogP contribution in [-0.2, 0) is 4.79 Å². The summed E-state index contributed by atoms with van der Waals surface area (Å²) in [6.45, 7) is 5.08. The normalized spacial score (nSPS) is 11.2. The topological polar surface area (TPSA) is 75.4 Å². The first kappa shape index (κ1) is 15.7. The highest BCUT2D eigenvalue weighted by Crippen LogP contribution is 2.13. The molecule has 0 saturated heterocycles. The van der Waals surface area contributed by atoms with Crippen LogP contribution in [0.3, 0.4) is 0 Å². The number of thiophene rings is 1. The summed E-state index contributed by atoms with van der Waals surface area (Å²) in [6.07, 6.45) is 0. The van der Waals surface area contributed by atoms with Gasteiger partial charge in [-0.3, -0.25) is 9.59 Å². The molecule has 0 spiro atoms. The van der Waals surface area contributed by atoms with Crippen molar-refractivity contribution in [1.29, 1.82) is 0 Å². The second kappa shape index (κ2) is 6.68. The maximum Gasteiger partial charge on any atom is 0.261 e. The third kappa shape index (κ3) is 5.00. The average Bonchev–Trinajstić information content (AvgIpc) is 2.88. The molecule has 0 radical (unpaired) electrons. The molecule has 0 unspecified atom stereocenters. The molecule has 3 N–H and O–H groups in total. The van der Waals surface area contributed by atoms with E-state index in [9.17, 15) is 9.59 Å². The maximum atomic E-state index is 11.9. The van der Waals surface area contributed by atoms with Crippen LogP contribution >= 0.6 is 11.3 Å². The molecule has 1 aromatic rings. The summed E-state index contributed by atoms with van der Waals surface area (Å²) in [5.41, 5.74) is 5.51. The van der Waals surface area contributed by atoms with E-state index in [4.69, 9.17) is 5.73 Å². The minimum absolute atomic E-state index is 0.00782. The Labute approximate surface area is 117 Å². The summed E-state index contributed by atoms with van der Waals surface area (Å²) >= 11 is 1.35. The van der Waals surface area contributed by atoms with E-state index in [0.29, 0.717) is 18.0 Å². The van der Waals surface area contributed by atoms with Crippen LogP contribution in [0, 0.1) is 5.41 Å². The lowest BCUT2D eigenvalue weighted by atomic mass is 9.93. The summed E-state index contributed by atoms with van der Waals surface area (Å²) in [7, 11) is 1.72. The first-order valence-electron chi connectivity index (χ1n) is 6.11. The Hall–Kier alpha value is -1.40. The van der Waals surface area contributed by atoms with Crippen LogP contribution in [0.5, 0.6) is 0 Å². The predicted molar refractivity (Wildman–Crippen MR) is 77.1 cm³/mol. The van der Waals surface area contributed by atoms with E-state index in [2.05, 4.69) is 5.32 Å². The van der Waals surface area contributed by atoms with Gasteiger partial charge in [0.2, 0.25) is 5.91 Å². The third-order valence-electron chi connectivity index (χ3n) is 2.79. The van der Waals surface area contributed by atoms with Gasteiger partial charge < -0.3 is 16.0 Å². The SMILES string of the molecule is CN(CC(C)(C)CN)C(=O)CNC(=O)c1cccs1. The lowest BCUT2D eigenvalue weighted by molar-refractivity contribution is -0.130. The Kier molecular flexibility index (Phi) is 5.50. The maximum absolute atomic E-state index is 11.9. The van der Waals surface area contributed by atoms with Crippen LogP contribution in [-0.4, -0.2) is 43.4 Å². The van der Waals surface area contributed by atoms with Gasteiger partial charge >= 0.3 is 0 Å². The van der Waals surface area contributed by atoms with Crippen molar-refractivity contribution in [3.63, 3.8) is 0 Å². The molecule has 19 heavy (non-hydrogen) atoms. The molecule has 106 valence electrons. The zero-order chi connectivity index (χ0) is 14.5. The van der Waals surface area contributed by atoms with Crippen molar-refractivity contribution in [3.8, 4) is 0 Å². The molecule has 5 nitrogen and oxygen atoms in total. The van der Waals surface area contributed by atoms with Gasteiger partial charge in [-0.1, -0.05) is 19.9 Å². The molecule has 2 amide bonds.